The maximum absolute atomic E-state index is 13.4. The molecule has 0 atom stereocenters. The molecule has 3 aromatic heterocycles. The van der Waals surface area contributed by atoms with Crippen LogP contribution >= 0.6 is 11.6 Å². The topological polar surface area (TPSA) is 88.3 Å². The Hall–Kier alpha value is -3.91. The zero-order chi connectivity index (χ0) is 24.1. The third-order valence-electron chi connectivity index (χ3n) is 6.85. The van der Waals surface area contributed by atoms with E-state index in [1.165, 1.54) is 0 Å². The highest BCUT2D eigenvalue weighted by atomic mass is 35.5. The molecule has 1 saturated heterocycles. The van der Waals surface area contributed by atoms with Crippen LogP contribution in [0.5, 0.6) is 0 Å². The standard InChI is InChI=1S/C26H23ClN6O2/c1-16-19(15-28-24-14-22(30-33(16)24)18-6-2-3-7-20(18)27)25(34)31-12-10-17(11-13-31)32-23-9-5-4-8-21(23)29-26(32)35/h2-9,14-15,17H,10-13H2,1H3,(H,29,35). The van der Waals surface area contributed by atoms with Crippen molar-refractivity contribution in [3.05, 3.63) is 87.6 Å². The minimum Gasteiger partial charge on any atom is -0.338 e. The smallest absolute Gasteiger partial charge is 0.326 e. The number of aromatic amines is 1. The molecule has 1 aliphatic heterocycles. The highest BCUT2D eigenvalue weighted by Crippen LogP contribution is 2.29. The Bertz CT molecular complexity index is 1640. The molecule has 0 bridgehead atoms. The highest BCUT2D eigenvalue weighted by Gasteiger charge is 2.28. The van der Waals surface area contributed by atoms with Crippen molar-refractivity contribution >= 4 is 34.2 Å². The second-order valence-corrected chi connectivity index (χ2v) is 9.28. The number of hydrogen-bond acceptors (Lipinski definition) is 4. The second-order valence-electron chi connectivity index (χ2n) is 8.88. The predicted octanol–water partition coefficient (Wildman–Crippen LogP) is 4.48. The molecule has 0 unspecified atom stereocenters. The van der Waals surface area contributed by atoms with E-state index in [0.29, 0.717) is 47.9 Å². The van der Waals surface area contributed by atoms with Gasteiger partial charge in [-0.1, -0.05) is 41.9 Å². The van der Waals surface area contributed by atoms with Crippen LogP contribution in [0.1, 0.15) is 34.9 Å². The number of aryl methyl sites for hydroxylation is 1. The molecular weight excluding hydrogens is 464 g/mol. The molecule has 4 heterocycles. The van der Waals surface area contributed by atoms with Crippen molar-refractivity contribution in [2.75, 3.05) is 13.1 Å². The summed E-state index contributed by atoms with van der Waals surface area (Å²) < 4.78 is 3.53. The van der Waals surface area contributed by atoms with Crippen LogP contribution in [-0.2, 0) is 0 Å². The first-order valence-corrected chi connectivity index (χ1v) is 12.0. The molecule has 35 heavy (non-hydrogen) atoms. The average molecular weight is 487 g/mol. The lowest BCUT2D eigenvalue weighted by molar-refractivity contribution is 0.0693. The number of fused-ring (bicyclic) bond motifs is 2. The summed E-state index contributed by atoms with van der Waals surface area (Å²) >= 11 is 6.35. The number of amides is 1. The lowest BCUT2D eigenvalue weighted by atomic mass is 10.0. The third-order valence-corrected chi connectivity index (χ3v) is 7.17. The highest BCUT2D eigenvalue weighted by molar-refractivity contribution is 6.33. The Morgan fingerprint density at radius 2 is 1.83 bits per heavy atom. The summed E-state index contributed by atoms with van der Waals surface area (Å²) in [4.78, 5) is 35.2. The summed E-state index contributed by atoms with van der Waals surface area (Å²) in [5, 5.41) is 5.29. The molecule has 1 fully saturated rings. The van der Waals surface area contributed by atoms with E-state index in [1.807, 2.05) is 71.0 Å². The van der Waals surface area contributed by atoms with Crippen molar-refractivity contribution in [1.29, 1.82) is 0 Å². The molecule has 1 N–H and O–H groups in total. The molecule has 0 aliphatic carbocycles. The quantitative estimate of drug-likeness (QED) is 0.407. The Morgan fingerprint density at radius 1 is 1.09 bits per heavy atom. The number of piperidine rings is 1. The second kappa shape index (κ2) is 8.39. The van der Waals surface area contributed by atoms with Crippen molar-refractivity contribution in [1.82, 2.24) is 29.0 Å². The summed E-state index contributed by atoms with van der Waals surface area (Å²) in [6.07, 6.45) is 3.04. The van der Waals surface area contributed by atoms with Gasteiger partial charge in [-0.25, -0.2) is 14.3 Å². The monoisotopic (exact) mass is 486 g/mol. The maximum atomic E-state index is 13.4. The molecule has 5 aromatic rings. The van der Waals surface area contributed by atoms with E-state index in [0.717, 1.165) is 22.3 Å². The number of nitrogens with zero attached hydrogens (tertiary/aromatic N) is 5. The van der Waals surface area contributed by atoms with Crippen LogP contribution in [0.2, 0.25) is 5.02 Å². The molecule has 2 aromatic carbocycles. The van der Waals surface area contributed by atoms with Gasteiger partial charge in [-0.15, -0.1) is 0 Å². The fourth-order valence-electron chi connectivity index (χ4n) is 4.99. The number of aromatic nitrogens is 5. The first kappa shape index (κ1) is 21.6. The number of imidazole rings is 1. The zero-order valence-electron chi connectivity index (χ0n) is 19.1. The third kappa shape index (κ3) is 3.61. The first-order valence-electron chi connectivity index (χ1n) is 11.6. The fraction of sp³-hybridized carbons (Fsp3) is 0.231. The zero-order valence-corrected chi connectivity index (χ0v) is 19.9. The fourth-order valence-corrected chi connectivity index (χ4v) is 5.23. The molecule has 1 aliphatic rings. The van der Waals surface area contributed by atoms with Gasteiger partial charge >= 0.3 is 5.69 Å². The van der Waals surface area contributed by atoms with Gasteiger partial charge in [0.05, 0.1) is 33.0 Å². The predicted molar refractivity (Wildman–Crippen MR) is 135 cm³/mol. The number of H-pyrrole nitrogens is 1. The number of rotatable bonds is 3. The summed E-state index contributed by atoms with van der Waals surface area (Å²) in [6, 6.07) is 17.1. The van der Waals surface area contributed by atoms with Gasteiger partial charge in [0.15, 0.2) is 5.65 Å². The van der Waals surface area contributed by atoms with Crippen molar-refractivity contribution in [3.8, 4) is 11.3 Å². The summed E-state index contributed by atoms with van der Waals surface area (Å²) in [6.45, 7) is 3.01. The number of benzene rings is 2. The van der Waals surface area contributed by atoms with E-state index in [1.54, 1.807) is 10.7 Å². The van der Waals surface area contributed by atoms with Crippen molar-refractivity contribution < 1.29 is 4.79 Å². The number of para-hydroxylation sites is 2. The molecule has 0 radical (unpaired) electrons. The van der Waals surface area contributed by atoms with Gasteiger partial charge in [-0.05, 0) is 38.0 Å². The molecule has 9 heteroatoms. The van der Waals surface area contributed by atoms with E-state index < -0.39 is 0 Å². The van der Waals surface area contributed by atoms with Crippen LogP contribution in [0, 0.1) is 6.92 Å². The molecule has 0 spiro atoms. The Labute approximate surface area is 205 Å². The minimum atomic E-state index is -0.102. The number of nitrogens with one attached hydrogen (secondary N) is 1. The number of hydrogen-bond donors (Lipinski definition) is 1. The lowest BCUT2D eigenvalue weighted by Gasteiger charge is -2.32. The molecule has 6 rings (SSSR count). The molecule has 8 nitrogen and oxygen atoms in total. The van der Waals surface area contributed by atoms with Crippen LogP contribution in [0.3, 0.4) is 0 Å². The van der Waals surface area contributed by atoms with Gasteiger partial charge in [0.1, 0.15) is 0 Å². The van der Waals surface area contributed by atoms with E-state index in [-0.39, 0.29) is 17.6 Å². The van der Waals surface area contributed by atoms with E-state index >= 15 is 0 Å². The van der Waals surface area contributed by atoms with Crippen LogP contribution < -0.4 is 5.69 Å². The lowest BCUT2D eigenvalue weighted by Crippen LogP contribution is -2.41. The Morgan fingerprint density at radius 3 is 2.63 bits per heavy atom. The summed E-state index contributed by atoms with van der Waals surface area (Å²) in [5.74, 6) is -0.0728. The van der Waals surface area contributed by atoms with Gasteiger partial charge in [-0.3, -0.25) is 9.36 Å². The SMILES string of the molecule is Cc1c(C(=O)N2CCC(n3c(=O)[nH]c4ccccc43)CC2)cnc2cc(-c3ccccc3Cl)nn12. The van der Waals surface area contributed by atoms with Crippen LogP contribution in [-0.4, -0.2) is 48.0 Å². The number of halogens is 1. The summed E-state index contributed by atoms with van der Waals surface area (Å²) in [7, 11) is 0. The number of likely N-dealkylation sites (tertiary alicyclic amines) is 1. The first-order chi connectivity index (χ1) is 17.0. The normalized spacial score (nSPS) is 14.7. The Kier molecular flexibility index (Phi) is 5.18. The van der Waals surface area contributed by atoms with Gasteiger partial charge < -0.3 is 9.88 Å². The van der Waals surface area contributed by atoms with Crippen LogP contribution in [0.4, 0.5) is 0 Å². The van der Waals surface area contributed by atoms with Gasteiger partial charge in [0.25, 0.3) is 5.91 Å². The van der Waals surface area contributed by atoms with Crippen molar-refractivity contribution in [2.45, 2.75) is 25.8 Å². The Balaban J connectivity index is 1.25. The number of carbonyl (C=O) groups is 1. The van der Waals surface area contributed by atoms with Crippen LogP contribution in [0.25, 0.3) is 27.9 Å². The largest absolute Gasteiger partial charge is 0.338 e. The molecular formula is C26H23ClN6O2. The molecule has 176 valence electrons. The van der Waals surface area contributed by atoms with Gasteiger partial charge in [-0.2, -0.15) is 5.10 Å². The van der Waals surface area contributed by atoms with E-state index in [9.17, 15) is 9.59 Å². The van der Waals surface area contributed by atoms with Gasteiger partial charge in [0, 0.05) is 37.0 Å². The molecule has 1 amide bonds. The van der Waals surface area contributed by atoms with E-state index in [4.69, 9.17) is 11.6 Å². The minimum absolute atomic E-state index is 0.0497. The molecule has 0 saturated carbocycles. The average Bonchev–Trinajstić information content (AvgIpc) is 3.45. The number of carbonyl (C=O) groups excluding carboxylic acids is 1. The van der Waals surface area contributed by atoms with Crippen molar-refractivity contribution in [3.63, 3.8) is 0 Å². The summed E-state index contributed by atoms with van der Waals surface area (Å²) in [5.41, 5.74) is 5.08. The maximum Gasteiger partial charge on any atom is 0.326 e. The van der Waals surface area contributed by atoms with Crippen molar-refractivity contribution in [2.24, 2.45) is 0 Å². The van der Waals surface area contributed by atoms with Crippen LogP contribution in [0.15, 0.2) is 65.6 Å². The van der Waals surface area contributed by atoms with Gasteiger partial charge in [0.2, 0.25) is 0 Å². The van der Waals surface area contributed by atoms with E-state index in [2.05, 4.69) is 15.1 Å².